The molecule has 0 bridgehead atoms. The van der Waals surface area contributed by atoms with Crippen molar-refractivity contribution < 1.29 is 5.11 Å². The first-order valence-electron chi connectivity index (χ1n) is 5.84. The van der Waals surface area contributed by atoms with E-state index in [1.807, 2.05) is 6.07 Å². The molecule has 2 N–H and O–H groups in total. The van der Waals surface area contributed by atoms with E-state index in [4.69, 9.17) is 11.6 Å². The summed E-state index contributed by atoms with van der Waals surface area (Å²) < 4.78 is 0.831. The Morgan fingerprint density at radius 2 is 2.31 bits per heavy atom. The van der Waals surface area contributed by atoms with E-state index in [0.717, 1.165) is 30.0 Å². The zero-order valence-corrected chi connectivity index (χ0v) is 11.1. The van der Waals surface area contributed by atoms with Gasteiger partial charge in [-0.05, 0) is 37.8 Å². The van der Waals surface area contributed by atoms with Gasteiger partial charge in [-0.3, -0.25) is 0 Å². The lowest BCUT2D eigenvalue weighted by Gasteiger charge is -2.37. The number of hydrogen-bond acceptors (Lipinski definition) is 3. The minimum absolute atomic E-state index is 0.321. The smallest absolute Gasteiger partial charge is 0.0931 e. The van der Waals surface area contributed by atoms with E-state index in [0.29, 0.717) is 12.6 Å². The molecule has 0 amide bonds. The SMILES string of the molecule is CCC(NCC1(O)CCC1)c1ccc(Cl)s1. The van der Waals surface area contributed by atoms with Crippen molar-refractivity contribution in [2.45, 2.75) is 44.2 Å². The van der Waals surface area contributed by atoms with Crippen molar-refractivity contribution in [1.82, 2.24) is 5.32 Å². The highest BCUT2D eigenvalue weighted by Crippen LogP contribution is 2.33. The molecule has 4 heteroatoms. The molecule has 16 heavy (non-hydrogen) atoms. The molecule has 1 heterocycles. The molecule has 1 aromatic rings. The number of halogens is 1. The summed E-state index contributed by atoms with van der Waals surface area (Å²) in [5.74, 6) is 0. The van der Waals surface area contributed by atoms with Gasteiger partial charge in [-0.25, -0.2) is 0 Å². The van der Waals surface area contributed by atoms with Crippen molar-refractivity contribution in [1.29, 1.82) is 0 Å². The minimum atomic E-state index is -0.450. The minimum Gasteiger partial charge on any atom is -0.389 e. The van der Waals surface area contributed by atoms with Crippen molar-refractivity contribution in [2.24, 2.45) is 0 Å². The Morgan fingerprint density at radius 3 is 2.75 bits per heavy atom. The number of thiophene rings is 1. The standard InChI is InChI=1S/C12H18ClNOS/c1-2-9(10-4-5-11(13)16-10)14-8-12(15)6-3-7-12/h4-5,9,14-15H,2-3,6-8H2,1H3. The molecule has 1 aliphatic carbocycles. The van der Waals surface area contributed by atoms with Gasteiger partial charge < -0.3 is 10.4 Å². The van der Waals surface area contributed by atoms with Gasteiger partial charge in [-0.2, -0.15) is 0 Å². The van der Waals surface area contributed by atoms with E-state index in [1.165, 1.54) is 4.88 Å². The lowest BCUT2D eigenvalue weighted by molar-refractivity contribution is -0.0332. The van der Waals surface area contributed by atoms with Crippen LogP contribution in [0.15, 0.2) is 12.1 Å². The monoisotopic (exact) mass is 259 g/mol. The summed E-state index contributed by atoms with van der Waals surface area (Å²) in [4.78, 5) is 1.26. The maximum absolute atomic E-state index is 10.0. The van der Waals surface area contributed by atoms with Gasteiger partial charge in [0.15, 0.2) is 0 Å². The fourth-order valence-electron chi connectivity index (χ4n) is 2.04. The average Bonchev–Trinajstić information content (AvgIpc) is 2.63. The summed E-state index contributed by atoms with van der Waals surface area (Å²) in [6.07, 6.45) is 4.04. The van der Waals surface area contributed by atoms with Crippen molar-refractivity contribution >= 4 is 22.9 Å². The molecule has 1 atom stereocenters. The fraction of sp³-hybridized carbons (Fsp3) is 0.667. The summed E-state index contributed by atoms with van der Waals surface area (Å²) in [6.45, 7) is 2.84. The normalized spacial score (nSPS) is 20.4. The second kappa shape index (κ2) is 5.05. The molecule has 0 aliphatic heterocycles. The van der Waals surface area contributed by atoms with Gasteiger partial charge in [-0.1, -0.05) is 18.5 Å². The third-order valence-electron chi connectivity index (χ3n) is 3.31. The zero-order chi connectivity index (χ0) is 11.6. The quantitative estimate of drug-likeness (QED) is 0.850. The van der Waals surface area contributed by atoms with Gasteiger partial charge in [0.2, 0.25) is 0 Å². The van der Waals surface area contributed by atoms with E-state index < -0.39 is 5.60 Å². The molecule has 2 rings (SSSR count). The molecule has 1 aliphatic rings. The summed E-state index contributed by atoms with van der Waals surface area (Å²) in [6, 6.07) is 4.32. The van der Waals surface area contributed by atoms with E-state index in [9.17, 15) is 5.11 Å². The van der Waals surface area contributed by atoms with Crippen LogP contribution in [0, 0.1) is 0 Å². The van der Waals surface area contributed by atoms with Crippen LogP contribution in [0.25, 0.3) is 0 Å². The molecule has 0 radical (unpaired) electrons. The van der Waals surface area contributed by atoms with Crippen molar-refractivity contribution in [3.05, 3.63) is 21.3 Å². The number of hydrogen-bond donors (Lipinski definition) is 2. The first-order valence-corrected chi connectivity index (χ1v) is 7.03. The Hall–Kier alpha value is -0.0900. The summed E-state index contributed by atoms with van der Waals surface area (Å²) in [5, 5.41) is 13.5. The molecular weight excluding hydrogens is 242 g/mol. The zero-order valence-electron chi connectivity index (χ0n) is 9.50. The summed E-state index contributed by atoms with van der Waals surface area (Å²) in [5.41, 5.74) is -0.450. The van der Waals surface area contributed by atoms with Crippen LogP contribution in [0.3, 0.4) is 0 Å². The number of aliphatic hydroxyl groups is 1. The van der Waals surface area contributed by atoms with E-state index in [-0.39, 0.29) is 0 Å². The molecular formula is C12H18ClNOS. The van der Waals surface area contributed by atoms with Crippen molar-refractivity contribution in [3.63, 3.8) is 0 Å². The largest absolute Gasteiger partial charge is 0.389 e. The van der Waals surface area contributed by atoms with E-state index in [2.05, 4.69) is 18.3 Å². The van der Waals surface area contributed by atoms with E-state index >= 15 is 0 Å². The molecule has 1 saturated carbocycles. The predicted molar refractivity (Wildman–Crippen MR) is 69.2 cm³/mol. The number of nitrogens with one attached hydrogen (secondary N) is 1. The molecule has 1 aromatic heterocycles. The predicted octanol–water partition coefficient (Wildman–Crippen LogP) is 3.36. The second-order valence-electron chi connectivity index (χ2n) is 4.56. The third-order valence-corrected chi connectivity index (χ3v) is 4.65. The van der Waals surface area contributed by atoms with Gasteiger partial charge in [0.25, 0.3) is 0 Å². The van der Waals surface area contributed by atoms with Gasteiger partial charge >= 0.3 is 0 Å². The Labute approximate surface area is 106 Å². The Morgan fingerprint density at radius 1 is 1.56 bits per heavy atom. The molecule has 0 saturated heterocycles. The molecule has 0 aromatic carbocycles. The maximum atomic E-state index is 10.0. The Balaban J connectivity index is 1.90. The highest BCUT2D eigenvalue weighted by atomic mass is 35.5. The fourth-order valence-corrected chi connectivity index (χ4v) is 3.26. The van der Waals surface area contributed by atoms with Gasteiger partial charge in [0.05, 0.1) is 9.94 Å². The van der Waals surface area contributed by atoms with E-state index in [1.54, 1.807) is 11.3 Å². The van der Waals surface area contributed by atoms with Crippen LogP contribution in [0.5, 0.6) is 0 Å². The van der Waals surface area contributed by atoms with Crippen LogP contribution in [0.2, 0.25) is 4.34 Å². The Kier molecular flexibility index (Phi) is 3.90. The molecule has 1 unspecified atom stereocenters. The van der Waals surface area contributed by atoms with Crippen LogP contribution >= 0.6 is 22.9 Å². The molecule has 90 valence electrons. The average molecular weight is 260 g/mol. The maximum Gasteiger partial charge on any atom is 0.0931 e. The molecule has 0 spiro atoms. The highest BCUT2D eigenvalue weighted by molar-refractivity contribution is 7.16. The Bertz CT molecular complexity index is 349. The topological polar surface area (TPSA) is 32.3 Å². The van der Waals surface area contributed by atoms with Gasteiger partial charge in [0, 0.05) is 17.5 Å². The highest BCUT2D eigenvalue weighted by Gasteiger charge is 2.34. The van der Waals surface area contributed by atoms with Gasteiger partial charge in [-0.15, -0.1) is 11.3 Å². The van der Waals surface area contributed by atoms with Crippen LogP contribution < -0.4 is 5.32 Å². The number of rotatable bonds is 5. The second-order valence-corrected chi connectivity index (χ2v) is 6.31. The lowest BCUT2D eigenvalue weighted by Crippen LogP contribution is -2.46. The third kappa shape index (κ3) is 2.77. The van der Waals surface area contributed by atoms with Crippen molar-refractivity contribution in [3.8, 4) is 0 Å². The first-order chi connectivity index (χ1) is 7.63. The van der Waals surface area contributed by atoms with Crippen molar-refractivity contribution in [2.75, 3.05) is 6.54 Å². The van der Waals surface area contributed by atoms with Crippen LogP contribution in [-0.2, 0) is 0 Å². The van der Waals surface area contributed by atoms with Gasteiger partial charge in [0.1, 0.15) is 0 Å². The summed E-state index contributed by atoms with van der Waals surface area (Å²) >= 11 is 7.55. The molecule has 1 fully saturated rings. The summed E-state index contributed by atoms with van der Waals surface area (Å²) in [7, 11) is 0. The lowest BCUT2D eigenvalue weighted by atomic mass is 9.80. The van der Waals surface area contributed by atoms with Crippen LogP contribution in [-0.4, -0.2) is 17.3 Å². The van der Waals surface area contributed by atoms with Crippen LogP contribution in [0.1, 0.15) is 43.5 Å². The first kappa shape index (κ1) is 12.4. The van der Waals surface area contributed by atoms with Crippen LogP contribution in [0.4, 0.5) is 0 Å². The molecule has 2 nitrogen and oxygen atoms in total.